The summed E-state index contributed by atoms with van der Waals surface area (Å²) >= 11 is 0. The van der Waals surface area contributed by atoms with Gasteiger partial charge in [-0.05, 0) is 36.8 Å². The highest BCUT2D eigenvalue weighted by Crippen LogP contribution is 2.20. The van der Waals surface area contributed by atoms with Gasteiger partial charge in [0.25, 0.3) is 15.9 Å². The molecule has 7 heteroatoms. The molecule has 5 nitrogen and oxygen atoms in total. The number of nitrogens with one attached hydrogen (secondary N) is 1. The van der Waals surface area contributed by atoms with Gasteiger partial charge in [0.15, 0.2) is 0 Å². The van der Waals surface area contributed by atoms with E-state index in [9.17, 15) is 17.6 Å². The van der Waals surface area contributed by atoms with Crippen molar-refractivity contribution in [3.63, 3.8) is 0 Å². The van der Waals surface area contributed by atoms with E-state index in [1.54, 1.807) is 18.0 Å². The Bertz CT molecular complexity index is 853. The van der Waals surface area contributed by atoms with Crippen molar-refractivity contribution in [2.75, 3.05) is 18.3 Å². The zero-order valence-corrected chi connectivity index (χ0v) is 15.0. The van der Waals surface area contributed by atoms with Gasteiger partial charge in [0.1, 0.15) is 5.82 Å². The summed E-state index contributed by atoms with van der Waals surface area (Å²) in [6, 6.07) is 11.2. The quantitative estimate of drug-likeness (QED) is 0.818. The molecular weight excluding hydrogens is 343 g/mol. The van der Waals surface area contributed by atoms with Crippen LogP contribution >= 0.6 is 0 Å². The van der Waals surface area contributed by atoms with E-state index in [2.05, 4.69) is 4.72 Å². The maximum Gasteiger partial charge on any atom is 0.262 e. The average molecular weight is 364 g/mol. The number of anilines is 1. The molecule has 0 unspecified atom stereocenters. The van der Waals surface area contributed by atoms with Crippen molar-refractivity contribution in [1.29, 1.82) is 0 Å². The van der Waals surface area contributed by atoms with E-state index in [0.29, 0.717) is 6.54 Å². The summed E-state index contributed by atoms with van der Waals surface area (Å²) in [6.45, 7) is 2.62. The molecule has 0 saturated heterocycles. The largest absolute Gasteiger partial charge is 0.342 e. The SMILES string of the molecule is CCCCN(C)C(=O)c1cccc(S(=O)(=O)Nc2ccccc2F)c1. The van der Waals surface area contributed by atoms with Crippen molar-refractivity contribution in [2.45, 2.75) is 24.7 Å². The molecule has 0 fully saturated rings. The molecule has 0 aliphatic rings. The first-order chi connectivity index (χ1) is 11.8. The molecule has 0 radical (unpaired) electrons. The van der Waals surface area contributed by atoms with Gasteiger partial charge in [-0.25, -0.2) is 12.8 Å². The summed E-state index contributed by atoms with van der Waals surface area (Å²) in [6.07, 6.45) is 1.83. The monoisotopic (exact) mass is 364 g/mol. The fourth-order valence-electron chi connectivity index (χ4n) is 2.26. The predicted octanol–water partition coefficient (Wildman–Crippen LogP) is 3.50. The van der Waals surface area contributed by atoms with Gasteiger partial charge in [-0.1, -0.05) is 31.5 Å². The minimum atomic E-state index is -4.00. The Kier molecular flexibility index (Phi) is 6.14. The van der Waals surface area contributed by atoms with Crippen molar-refractivity contribution in [1.82, 2.24) is 4.90 Å². The van der Waals surface area contributed by atoms with Gasteiger partial charge in [0, 0.05) is 19.2 Å². The zero-order chi connectivity index (χ0) is 18.4. The van der Waals surface area contributed by atoms with Gasteiger partial charge in [0.2, 0.25) is 0 Å². The number of benzene rings is 2. The Balaban J connectivity index is 2.25. The molecule has 0 spiro atoms. The average Bonchev–Trinajstić information content (AvgIpc) is 2.61. The highest BCUT2D eigenvalue weighted by atomic mass is 32.2. The lowest BCUT2D eigenvalue weighted by molar-refractivity contribution is 0.0793. The number of rotatable bonds is 7. The number of carbonyl (C=O) groups is 1. The molecule has 0 aromatic heterocycles. The second-order valence-corrected chi connectivity index (χ2v) is 7.38. The van der Waals surface area contributed by atoms with Crippen LogP contribution in [-0.4, -0.2) is 32.8 Å². The van der Waals surface area contributed by atoms with E-state index in [4.69, 9.17) is 0 Å². The molecule has 0 bridgehead atoms. The normalized spacial score (nSPS) is 11.2. The van der Waals surface area contributed by atoms with Gasteiger partial charge in [-0.2, -0.15) is 0 Å². The van der Waals surface area contributed by atoms with Crippen molar-refractivity contribution in [3.05, 3.63) is 59.9 Å². The van der Waals surface area contributed by atoms with E-state index in [0.717, 1.165) is 12.8 Å². The molecule has 2 aromatic carbocycles. The van der Waals surface area contributed by atoms with E-state index in [1.165, 1.54) is 42.5 Å². The molecule has 25 heavy (non-hydrogen) atoms. The summed E-state index contributed by atoms with van der Waals surface area (Å²) in [5.74, 6) is -0.922. The molecule has 0 atom stereocenters. The molecule has 0 saturated carbocycles. The van der Waals surface area contributed by atoms with Crippen molar-refractivity contribution < 1.29 is 17.6 Å². The van der Waals surface area contributed by atoms with E-state index >= 15 is 0 Å². The first kappa shape index (κ1) is 18.9. The lowest BCUT2D eigenvalue weighted by Gasteiger charge is -2.17. The van der Waals surface area contributed by atoms with Gasteiger partial charge in [-0.3, -0.25) is 9.52 Å². The van der Waals surface area contributed by atoms with E-state index in [-0.39, 0.29) is 22.1 Å². The second-order valence-electron chi connectivity index (χ2n) is 5.69. The molecule has 0 aliphatic heterocycles. The van der Waals surface area contributed by atoms with E-state index in [1.807, 2.05) is 6.92 Å². The Morgan fingerprint density at radius 1 is 1.16 bits per heavy atom. The minimum absolute atomic E-state index is 0.0921. The van der Waals surface area contributed by atoms with Crippen LogP contribution in [0, 0.1) is 5.82 Å². The van der Waals surface area contributed by atoms with Gasteiger partial charge < -0.3 is 4.90 Å². The molecule has 0 aliphatic carbocycles. The lowest BCUT2D eigenvalue weighted by atomic mass is 10.2. The van der Waals surface area contributed by atoms with Crippen LogP contribution < -0.4 is 4.72 Å². The van der Waals surface area contributed by atoms with Crippen LogP contribution in [0.3, 0.4) is 0 Å². The van der Waals surface area contributed by atoms with Crippen molar-refractivity contribution >= 4 is 21.6 Å². The summed E-state index contributed by atoms with van der Waals surface area (Å²) in [5.41, 5.74) is 0.134. The van der Waals surface area contributed by atoms with Gasteiger partial charge >= 0.3 is 0 Å². The maximum atomic E-state index is 13.7. The molecule has 2 rings (SSSR count). The van der Waals surface area contributed by atoms with Crippen LogP contribution in [0.15, 0.2) is 53.4 Å². The van der Waals surface area contributed by atoms with Crippen LogP contribution in [0.25, 0.3) is 0 Å². The van der Waals surface area contributed by atoms with Crippen LogP contribution in [0.5, 0.6) is 0 Å². The van der Waals surface area contributed by atoms with Gasteiger partial charge in [-0.15, -0.1) is 0 Å². The smallest absolute Gasteiger partial charge is 0.262 e. The van der Waals surface area contributed by atoms with Gasteiger partial charge in [0.05, 0.1) is 10.6 Å². The Hall–Kier alpha value is -2.41. The number of carbonyl (C=O) groups excluding carboxylic acids is 1. The van der Waals surface area contributed by atoms with Crippen LogP contribution in [0.2, 0.25) is 0 Å². The Morgan fingerprint density at radius 2 is 1.88 bits per heavy atom. The molecule has 2 aromatic rings. The zero-order valence-electron chi connectivity index (χ0n) is 14.2. The fraction of sp³-hybridized carbons (Fsp3) is 0.278. The number of unbranched alkanes of at least 4 members (excludes halogenated alkanes) is 1. The van der Waals surface area contributed by atoms with Crippen molar-refractivity contribution in [2.24, 2.45) is 0 Å². The number of nitrogens with zero attached hydrogens (tertiary/aromatic N) is 1. The topological polar surface area (TPSA) is 66.5 Å². The number of para-hydroxylation sites is 1. The first-order valence-corrected chi connectivity index (χ1v) is 9.46. The van der Waals surface area contributed by atoms with Crippen LogP contribution in [0.1, 0.15) is 30.1 Å². The third kappa shape index (κ3) is 4.79. The summed E-state index contributed by atoms with van der Waals surface area (Å²) in [7, 11) is -2.32. The molecule has 1 N–H and O–H groups in total. The van der Waals surface area contributed by atoms with E-state index < -0.39 is 15.8 Å². The highest BCUT2D eigenvalue weighted by Gasteiger charge is 2.19. The number of hydrogen-bond acceptors (Lipinski definition) is 3. The fourth-order valence-corrected chi connectivity index (χ4v) is 3.37. The third-order valence-corrected chi connectivity index (χ3v) is 5.07. The molecule has 0 heterocycles. The second kappa shape index (κ2) is 8.11. The Labute approximate surface area is 147 Å². The molecule has 1 amide bonds. The van der Waals surface area contributed by atoms with Crippen LogP contribution in [0.4, 0.5) is 10.1 Å². The van der Waals surface area contributed by atoms with Crippen molar-refractivity contribution in [3.8, 4) is 0 Å². The minimum Gasteiger partial charge on any atom is -0.342 e. The number of amides is 1. The highest BCUT2D eigenvalue weighted by molar-refractivity contribution is 7.92. The number of hydrogen-bond donors (Lipinski definition) is 1. The lowest BCUT2D eigenvalue weighted by Crippen LogP contribution is -2.28. The summed E-state index contributed by atoms with van der Waals surface area (Å²) in [5, 5.41) is 0. The third-order valence-electron chi connectivity index (χ3n) is 3.70. The Morgan fingerprint density at radius 3 is 2.56 bits per heavy atom. The number of sulfonamides is 1. The maximum absolute atomic E-state index is 13.7. The standard InChI is InChI=1S/C18H21FN2O3S/c1-3-4-12-21(2)18(22)14-8-7-9-15(13-14)25(23,24)20-17-11-6-5-10-16(17)19/h5-11,13,20H,3-4,12H2,1-2H3. The summed E-state index contributed by atoms with van der Waals surface area (Å²) < 4.78 is 40.8. The molecular formula is C18H21FN2O3S. The number of halogens is 1. The summed E-state index contributed by atoms with van der Waals surface area (Å²) in [4.78, 5) is 13.9. The predicted molar refractivity (Wildman–Crippen MR) is 95.5 cm³/mol. The molecule has 134 valence electrons. The first-order valence-electron chi connectivity index (χ1n) is 7.98. The van der Waals surface area contributed by atoms with Crippen LogP contribution in [-0.2, 0) is 10.0 Å².